The molecular formula is C16H23N3O2. The number of nitrogens with two attached hydrogens (primary N) is 1. The molecule has 1 amide bonds. The molecule has 1 aromatic heterocycles. The minimum Gasteiger partial charge on any atom is -0.349 e. The second-order valence-corrected chi connectivity index (χ2v) is 6.57. The van der Waals surface area contributed by atoms with Crippen molar-refractivity contribution >= 4 is 5.91 Å². The fourth-order valence-electron chi connectivity index (χ4n) is 4.00. The van der Waals surface area contributed by atoms with Gasteiger partial charge in [0, 0.05) is 17.8 Å². The largest absolute Gasteiger partial charge is 0.349 e. The molecule has 2 aliphatic rings. The van der Waals surface area contributed by atoms with Crippen LogP contribution in [0.4, 0.5) is 0 Å². The molecule has 3 rings (SSSR count). The van der Waals surface area contributed by atoms with Crippen molar-refractivity contribution < 1.29 is 4.79 Å². The van der Waals surface area contributed by atoms with Crippen molar-refractivity contribution in [1.82, 2.24) is 10.3 Å². The number of hydrogen-bond donors (Lipinski definition) is 3. The summed E-state index contributed by atoms with van der Waals surface area (Å²) in [5, 5.41) is 3.10. The number of fused-ring (bicyclic) bond motifs is 2. The SMILES string of the molecule is Cc1ccc(C(=O)NC2C3CCCC2CC(N)C3)c(=O)[nH]1. The average molecular weight is 289 g/mol. The Morgan fingerprint density at radius 2 is 1.95 bits per heavy atom. The van der Waals surface area contributed by atoms with Gasteiger partial charge in [-0.3, -0.25) is 9.59 Å². The lowest BCUT2D eigenvalue weighted by molar-refractivity contribution is 0.0754. The molecule has 2 atom stereocenters. The number of carbonyl (C=O) groups excluding carboxylic acids is 1. The van der Waals surface area contributed by atoms with Crippen LogP contribution < -0.4 is 16.6 Å². The topological polar surface area (TPSA) is 88.0 Å². The van der Waals surface area contributed by atoms with Gasteiger partial charge in [-0.25, -0.2) is 0 Å². The maximum Gasteiger partial charge on any atom is 0.260 e. The Labute approximate surface area is 124 Å². The highest BCUT2D eigenvalue weighted by Crippen LogP contribution is 2.39. The maximum absolute atomic E-state index is 12.4. The summed E-state index contributed by atoms with van der Waals surface area (Å²) in [6, 6.07) is 3.80. The lowest BCUT2D eigenvalue weighted by atomic mass is 9.67. The zero-order valence-corrected chi connectivity index (χ0v) is 12.4. The van der Waals surface area contributed by atoms with Crippen LogP contribution in [0.3, 0.4) is 0 Å². The molecule has 2 unspecified atom stereocenters. The Morgan fingerprint density at radius 3 is 2.57 bits per heavy atom. The Morgan fingerprint density at radius 1 is 1.29 bits per heavy atom. The Bertz CT molecular complexity index is 581. The van der Waals surface area contributed by atoms with E-state index in [9.17, 15) is 9.59 Å². The van der Waals surface area contributed by atoms with E-state index in [-0.39, 0.29) is 29.1 Å². The Kier molecular flexibility index (Phi) is 3.85. The number of aromatic amines is 1. The van der Waals surface area contributed by atoms with Gasteiger partial charge in [-0.15, -0.1) is 0 Å². The number of aryl methyl sites for hydroxylation is 1. The fraction of sp³-hybridized carbons (Fsp3) is 0.625. The molecule has 0 saturated heterocycles. The van der Waals surface area contributed by atoms with Crippen molar-refractivity contribution in [3.05, 3.63) is 33.7 Å². The van der Waals surface area contributed by atoms with Gasteiger partial charge in [0.15, 0.2) is 0 Å². The summed E-state index contributed by atoms with van der Waals surface area (Å²) in [4.78, 5) is 27.0. The maximum atomic E-state index is 12.4. The summed E-state index contributed by atoms with van der Waals surface area (Å²) in [5.41, 5.74) is 6.75. The van der Waals surface area contributed by atoms with Crippen LogP contribution in [0, 0.1) is 18.8 Å². The van der Waals surface area contributed by atoms with Crippen LogP contribution in [0.5, 0.6) is 0 Å². The number of amides is 1. The van der Waals surface area contributed by atoms with E-state index in [1.54, 1.807) is 19.1 Å². The minimum atomic E-state index is -0.315. The molecule has 5 nitrogen and oxygen atoms in total. The molecule has 0 radical (unpaired) electrons. The summed E-state index contributed by atoms with van der Waals surface area (Å²) in [5.74, 6) is 0.663. The van der Waals surface area contributed by atoms with Gasteiger partial charge in [-0.2, -0.15) is 0 Å². The molecule has 0 spiro atoms. The molecule has 2 fully saturated rings. The standard InChI is InChI=1S/C16H23N3O2/c1-9-5-6-13(15(20)18-9)16(21)19-14-10-3-2-4-11(14)8-12(17)7-10/h5-6,10-12,14H,2-4,7-8,17H2,1H3,(H,18,20)(H,19,21). The second kappa shape index (κ2) is 5.64. The van der Waals surface area contributed by atoms with Gasteiger partial charge < -0.3 is 16.0 Å². The predicted octanol–water partition coefficient (Wildman–Crippen LogP) is 1.32. The summed E-state index contributed by atoms with van der Waals surface area (Å²) < 4.78 is 0. The van der Waals surface area contributed by atoms with Crippen LogP contribution in [0.2, 0.25) is 0 Å². The van der Waals surface area contributed by atoms with E-state index in [0.29, 0.717) is 11.8 Å². The summed E-state index contributed by atoms with van der Waals surface area (Å²) in [6.07, 6.45) is 5.43. The van der Waals surface area contributed by atoms with Crippen LogP contribution in [0.25, 0.3) is 0 Å². The van der Waals surface area contributed by atoms with E-state index in [0.717, 1.165) is 31.4 Å². The smallest absolute Gasteiger partial charge is 0.260 e. The van der Waals surface area contributed by atoms with Gasteiger partial charge in [0.25, 0.3) is 11.5 Å². The number of pyridine rings is 1. The highest BCUT2D eigenvalue weighted by atomic mass is 16.2. The van der Waals surface area contributed by atoms with Gasteiger partial charge in [-0.05, 0) is 56.6 Å². The van der Waals surface area contributed by atoms with Crippen molar-refractivity contribution in [3.8, 4) is 0 Å². The van der Waals surface area contributed by atoms with Gasteiger partial charge >= 0.3 is 0 Å². The lowest BCUT2D eigenvalue weighted by Crippen LogP contribution is -2.54. The van der Waals surface area contributed by atoms with Crippen molar-refractivity contribution in [2.24, 2.45) is 17.6 Å². The third kappa shape index (κ3) is 2.88. The normalized spacial score (nSPS) is 31.7. The first-order chi connectivity index (χ1) is 10.0. The van der Waals surface area contributed by atoms with Crippen LogP contribution >= 0.6 is 0 Å². The van der Waals surface area contributed by atoms with E-state index in [4.69, 9.17) is 5.73 Å². The fourth-order valence-corrected chi connectivity index (χ4v) is 4.00. The molecule has 1 heterocycles. The molecule has 5 heteroatoms. The Hall–Kier alpha value is -1.62. The first-order valence-corrected chi connectivity index (χ1v) is 7.81. The van der Waals surface area contributed by atoms with Crippen molar-refractivity contribution in [2.45, 2.75) is 51.1 Å². The molecule has 2 saturated carbocycles. The zero-order valence-electron chi connectivity index (χ0n) is 12.4. The number of carbonyl (C=O) groups is 1. The first-order valence-electron chi connectivity index (χ1n) is 7.81. The molecule has 4 N–H and O–H groups in total. The second-order valence-electron chi connectivity index (χ2n) is 6.57. The lowest BCUT2D eigenvalue weighted by Gasteiger charge is -2.45. The van der Waals surface area contributed by atoms with Gasteiger partial charge in [0.1, 0.15) is 5.56 Å². The first kappa shape index (κ1) is 14.3. The van der Waals surface area contributed by atoms with Crippen LogP contribution in [0.15, 0.2) is 16.9 Å². The van der Waals surface area contributed by atoms with Crippen molar-refractivity contribution in [2.75, 3.05) is 0 Å². The number of rotatable bonds is 2. The molecule has 2 bridgehead atoms. The molecule has 1 aromatic rings. The quantitative estimate of drug-likeness (QED) is 0.767. The number of nitrogens with one attached hydrogen (secondary N) is 2. The van der Waals surface area contributed by atoms with E-state index < -0.39 is 0 Å². The molecule has 21 heavy (non-hydrogen) atoms. The van der Waals surface area contributed by atoms with E-state index in [1.807, 2.05) is 0 Å². The summed E-state index contributed by atoms with van der Waals surface area (Å²) in [7, 11) is 0. The summed E-state index contributed by atoms with van der Waals surface area (Å²) >= 11 is 0. The van der Waals surface area contributed by atoms with Gasteiger partial charge in [-0.1, -0.05) is 6.42 Å². The third-order valence-corrected chi connectivity index (χ3v) is 4.97. The molecular weight excluding hydrogens is 266 g/mol. The average Bonchev–Trinajstić information content (AvgIpc) is 2.39. The number of aromatic nitrogens is 1. The van der Waals surface area contributed by atoms with Crippen molar-refractivity contribution in [3.63, 3.8) is 0 Å². The number of hydrogen-bond acceptors (Lipinski definition) is 3. The van der Waals surface area contributed by atoms with E-state index >= 15 is 0 Å². The van der Waals surface area contributed by atoms with E-state index in [2.05, 4.69) is 10.3 Å². The van der Waals surface area contributed by atoms with E-state index in [1.165, 1.54) is 6.42 Å². The van der Waals surface area contributed by atoms with Crippen molar-refractivity contribution in [1.29, 1.82) is 0 Å². The van der Waals surface area contributed by atoms with Crippen LogP contribution in [-0.2, 0) is 0 Å². The molecule has 0 aliphatic heterocycles. The zero-order chi connectivity index (χ0) is 15.0. The minimum absolute atomic E-state index is 0.173. The van der Waals surface area contributed by atoms with Gasteiger partial charge in [0.05, 0.1) is 0 Å². The summed E-state index contributed by atoms with van der Waals surface area (Å²) in [6.45, 7) is 1.80. The third-order valence-electron chi connectivity index (χ3n) is 4.97. The highest BCUT2D eigenvalue weighted by molar-refractivity contribution is 5.94. The molecule has 0 aromatic carbocycles. The monoisotopic (exact) mass is 289 g/mol. The van der Waals surface area contributed by atoms with Gasteiger partial charge in [0.2, 0.25) is 0 Å². The molecule has 2 aliphatic carbocycles. The Balaban J connectivity index is 1.76. The number of H-pyrrole nitrogens is 1. The predicted molar refractivity (Wildman–Crippen MR) is 81.1 cm³/mol. The molecule has 114 valence electrons. The highest BCUT2D eigenvalue weighted by Gasteiger charge is 2.40. The van der Waals surface area contributed by atoms with Crippen LogP contribution in [-0.4, -0.2) is 23.0 Å². The van der Waals surface area contributed by atoms with Crippen LogP contribution in [0.1, 0.15) is 48.2 Å².